The first-order valence-corrected chi connectivity index (χ1v) is 6.06. The fourth-order valence-electron chi connectivity index (χ4n) is 1.96. The Kier molecular flexibility index (Phi) is 3.85. The molecule has 0 saturated heterocycles. The summed E-state index contributed by atoms with van der Waals surface area (Å²) in [5.41, 5.74) is 0.697. The van der Waals surface area contributed by atoms with E-state index in [4.69, 9.17) is 4.74 Å². The quantitative estimate of drug-likeness (QED) is 0.828. The summed E-state index contributed by atoms with van der Waals surface area (Å²) in [7, 11) is 0. The SMILES string of the molecule is C=CCNC(=O)[C@H]1CN(C(C)=O)c2ccccc2O1. The highest BCUT2D eigenvalue weighted by atomic mass is 16.5. The minimum atomic E-state index is -0.696. The number of fused-ring (bicyclic) bond motifs is 1. The van der Waals surface area contributed by atoms with Crippen molar-refractivity contribution >= 4 is 17.5 Å². The summed E-state index contributed by atoms with van der Waals surface area (Å²) in [6.07, 6.45) is 0.899. The number of nitrogens with zero attached hydrogens (tertiary/aromatic N) is 1. The number of hydrogen-bond donors (Lipinski definition) is 1. The van der Waals surface area contributed by atoms with Crippen LogP contribution in [0.25, 0.3) is 0 Å². The number of nitrogens with one attached hydrogen (secondary N) is 1. The predicted molar refractivity (Wildman–Crippen MR) is 72.1 cm³/mol. The van der Waals surface area contributed by atoms with Gasteiger partial charge in [-0.2, -0.15) is 0 Å². The van der Waals surface area contributed by atoms with Crippen LogP contribution >= 0.6 is 0 Å². The molecule has 0 fully saturated rings. The summed E-state index contributed by atoms with van der Waals surface area (Å²) < 4.78 is 5.63. The Morgan fingerprint density at radius 2 is 2.26 bits per heavy atom. The van der Waals surface area contributed by atoms with E-state index in [1.54, 1.807) is 29.2 Å². The molecule has 0 unspecified atom stereocenters. The second-order valence-electron chi connectivity index (χ2n) is 4.24. The summed E-state index contributed by atoms with van der Waals surface area (Å²) in [5.74, 6) is 0.181. The molecular weight excluding hydrogens is 244 g/mol. The number of ether oxygens (including phenoxy) is 1. The lowest BCUT2D eigenvalue weighted by Crippen LogP contribution is -2.50. The molecular formula is C14H16N2O3. The van der Waals surface area contributed by atoms with E-state index < -0.39 is 6.10 Å². The van der Waals surface area contributed by atoms with Gasteiger partial charge in [0.25, 0.3) is 5.91 Å². The zero-order valence-electron chi connectivity index (χ0n) is 10.8. The topological polar surface area (TPSA) is 58.6 Å². The van der Waals surface area contributed by atoms with E-state index >= 15 is 0 Å². The van der Waals surface area contributed by atoms with E-state index in [9.17, 15) is 9.59 Å². The van der Waals surface area contributed by atoms with E-state index in [-0.39, 0.29) is 18.4 Å². The zero-order valence-corrected chi connectivity index (χ0v) is 10.8. The van der Waals surface area contributed by atoms with Crippen molar-refractivity contribution in [2.45, 2.75) is 13.0 Å². The Morgan fingerprint density at radius 3 is 2.95 bits per heavy atom. The molecule has 1 aromatic rings. The van der Waals surface area contributed by atoms with E-state index in [2.05, 4.69) is 11.9 Å². The van der Waals surface area contributed by atoms with Gasteiger partial charge in [-0.15, -0.1) is 6.58 Å². The predicted octanol–water partition coefficient (Wildman–Crippen LogP) is 1.10. The molecule has 0 radical (unpaired) electrons. The number of carbonyl (C=O) groups excluding carboxylic acids is 2. The Labute approximate surface area is 111 Å². The molecule has 1 atom stereocenters. The molecule has 1 aliphatic heterocycles. The highest BCUT2D eigenvalue weighted by Gasteiger charge is 2.32. The second kappa shape index (κ2) is 5.56. The van der Waals surface area contributed by atoms with Gasteiger partial charge in [-0.1, -0.05) is 18.2 Å². The van der Waals surface area contributed by atoms with Crippen LogP contribution in [0.3, 0.4) is 0 Å². The molecule has 5 nitrogen and oxygen atoms in total. The first-order chi connectivity index (χ1) is 9.13. The lowest BCUT2D eigenvalue weighted by Gasteiger charge is -2.33. The van der Waals surface area contributed by atoms with Crippen LogP contribution < -0.4 is 15.0 Å². The van der Waals surface area contributed by atoms with Gasteiger partial charge < -0.3 is 15.0 Å². The third-order valence-electron chi connectivity index (χ3n) is 2.87. The third kappa shape index (κ3) is 2.76. The Hall–Kier alpha value is -2.30. The van der Waals surface area contributed by atoms with E-state index in [0.29, 0.717) is 18.0 Å². The van der Waals surface area contributed by atoms with Crippen molar-refractivity contribution in [3.8, 4) is 5.75 Å². The van der Waals surface area contributed by atoms with Crippen LogP contribution in [0.2, 0.25) is 0 Å². The summed E-state index contributed by atoms with van der Waals surface area (Å²) in [4.78, 5) is 25.1. The maximum absolute atomic E-state index is 11.9. The number of para-hydroxylation sites is 2. The summed E-state index contributed by atoms with van der Waals surface area (Å²) in [6.45, 7) is 5.60. The van der Waals surface area contributed by atoms with Crippen molar-refractivity contribution in [2.75, 3.05) is 18.0 Å². The van der Waals surface area contributed by atoms with Crippen molar-refractivity contribution in [1.29, 1.82) is 0 Å². The highest BCUT2D eigenvalue weighted by molar-refractivity contribution is 5.95. The first-order valence-electron chi connectivity index (χ1n) is 6.06. The van der Waals surface area contributed by atoms with E-state index in [1.807, 2.05) is 6.07 Å². The number of anilines is 1. The van der Waals surface area contributed by atoms with Crippen LogP contribution in [0.15, 0.2) is 36.9 Å². The average Bonchev–Trinajstić information content (AvgIpc) is 2.43. The van der Waals surface area contributed by atoms with Gasteiger partial charge in [-0.3, -0.25) is 9.59 Å². The highest BCUT2D eigenvalue weighted by Crippen LogP contribution is 2.33. The largest absolute Gasteiger partial charge is 0.477 e. The Balaban J connectivity index is 2.22. The van der Waals surface area contributed by atoms with Crippen molar-refractivity contribution < 1.29 is 14.3 Å². The minimum absolute atomic E-state index is 0.114. The number of carbonyl (C=O) groups is 2. The molecule has 0 aromatic heterocycles. The molecule has 0 saturated carbocycles. The second-order valence-corrected chi connectivity index (χ2v) is 4.24. The van der Waals surface area contributed by atoms with E-state index in [0.717, 1.165) is 0 Å². The molecule has 19 heavy (non-hydrogen) atoms. The third-order valence-corrected chi connectivity index (χ3v) is 2.87. The monoisotopic (exact) mass is 260 g/mol. The van der Waals surface area contributed by atoms with Gasteiger partial charge in [0.1, 0.15) is 5.75 Å². The van der Waals surface area contributed by atoms with Crippen LogP contribution in [0.5, 0.6) is 5.75 Å². The molecule has 1 aliphatic rings. The van der Waals surface area contributed by atoms with Crippen molar-refractivity contribution in [2.24, 2.45) is 0 Å². The van der Waals surface area contributed by atoms with Crippen molar-refractivity contribution in [3.05, 3.63) is 36.9 Å². The molecule has 100 valence electrons. The summed E-state index contributed by atoms with van der Waals surface area (Å²) in [5, 5.41) is 2.67. The standard InChI is InChI=1S/C14H16N2O3/c1-3-8-15-14(18)13-9-16(10(2)17)11-6-4-5-7-12(11)19-13/h3-7,13H,1,8-9H2,2H3,(H,15,18)/t13-/m1/s1. The van der Waals surface area contributed by atoms with Gasteiger partial charge in [0.2, 0.25) is 5.91 Å². The van der Waals surface area contributed by atoms with E-state index in [1.165, 1.54) is 6.92 Å². The van der Waals surface area contributed by atoms with Crippen LogP contribution in [0.4, 0.5) is 5.69 Å². The molecule has 2 rings (SSSR count). The fourth-order valence-corrected chi connectivity index (χ4v) is 1.96. The maximum Gasteiger partial charge on any atom is 0.263 e. The lowest BCUT2D eigenvalue weighted by molar-refractivity contribution is -0.128. The molecule has 2 amide bonds. The molecule has 0 aliphatic carbocycles. The molecule has 0 bridgehead atoms. The summed E-state index contributed by atoms with van der Waals surface area (Å²) >= 11 is 0. The molecule has 1 heterocycles. The van der Waals surface area contributed by atoms with Crippen molar-refractivity contribution in [1.82, 2.24) is 5.32 Å². The molecule has 5 heteroatoms. The Bertz CT molecular complexity index is 513. The fraction of sp³-hybridized carbons (Fsp3) is 0.286. The molecule has 1 N–H and O–H groups in total. The molecule has 1 aromatic carbocycles. The average molecular weight is 260 g/mol. The zero-order chi connectivity index (χ0) is 13.8. The minimum Gasteiger partial charge on any atom is -0.477 e. The first kappa shape index (κ1) is 13.1. The van der Waals surface area contributed by atoms with Gasteiger partial charge >= 0.3 is 0 Å². The number of rotatable bonds is 3. The van der Waals surface area contributed by atoms with Crippen LogP contribution in [0.1, 0.15) is 6.92 Å². The van der Waals surface area contributed by atoms with Gasteiger partial charge in [0.05, 0.1) is 12.2 Å². The van der Waals surface area contributed by atoms with Gasteiger partial charge in [0.15, 0.2) is 6.10 Å². The lowest BCUT2D eigenvalue weighted by atomic mass is 10.1. The van der Waals surface area contributed by atoms with Crippen molar-refractivity contribution in [3.63, 3.8) is 0 Å². The smallest absolute Gasteiger partial charge is 0.263 e. The number of amides is 2. The van der Waals surface area contributed by atoms with Crippen LogP contribution in [0, 0.1) is 0 Å². The van der Waals surface area contributed by atoms with Gasteiger partial charge in [-0.05, 0) is 12.1 Å². The van der Waals surface area contributed by atoms with Gasteiger partial charge in [0, 0.05) is 13.5 Å². The van der Waals surface area contributed by atoms with Crippen LogP contribution in [-0.4, -0.2) is 31.0 Å². The van der Waals surface area contributed by atoms with Gasteiger partial charge in [-0.25, -0.2) is 0 Å². The Morgan fingerprint density at radius 1 is 1.53 bits per heavy atom. The number of hydrogen-bond acceptors (Lipinski definition) is 3. The maximum atomic E-state index is 11.9. The normalized spacial score (nSPS) is 17.1. The number of benzene rings is 1. The van der Waals surface area contributed by atoms with Crippen LogP contribution in [-0.2, 0) is 9.59 Å². The summed E-state index contributed by atoms with van der Waals surface area (Å²) in [6, 6.07) is 7.18. The molecule has 0 spiro atoms.